The van der Waals surface area contributed by atoms with Crippen molar-refractivity contribution in [2.75, 3.05) is 30.7 Å². The van der Waals surface area contributed by atoms with Crippen molar-refractivity contribution in [2.45, 2.75) is 19.1 Å². The van der Waals surface area contributed by atoms with Crippen LogP contribution in [0.15, 0.2) is 48.9 Å². The van der Waals surface area contributed by atoms with Gasteiger partial charge in [0.15, 0.2) is 17.3 Å². The number of nitrogen functional groups attached to an aromatic ring is 1. The first kappa shape index (κ1) is 28.1. The van der Waals surface area contributed by atoms with Gasteiger partial charge in [0.05, 0.1) is 39.9 Å². The lowest BCUT2D eigenvalue weighted by atomic mass is 10.1. The maximum absolute atomic E-state index is 13.9. The molecular weight excluding hydrogens is 563 g/mol. The van der Waals surface area contributed by atoms with E-state index in [0.29, 0.717) is 30.9 Å². The zero-order valence-electron chi connectivity index (χ0n) is 21.9. The summed E-state index contributed by atoms with van der Waals surface area (Å²) in [6.45, 7) is 3.83. The number of anilines is 2. The van der Waals surface area contributed by atoms with Crippen LogP contribution in [0.25, 0.3) is 17.1 Å². The number of aromatic nitrogens is 5. The largest absolute Gasteiger partial charge is 0.435 e. The van der Waals surface area contributed by atoms with Crippen LogP contribution in [-0.2, 0) is 13.2 Å². The molecule has 15 heteroatoms. The molecule has 2 amide bonds. The third kappa shape index (κ3) is 5.60. The number of alkyl halides is 3. The molecule has 1 aliphatic heterocycles. The molecule has 0 unspecified atom stereocenters. The number of halogens is 4. The summed E-state index contributed by atoms with van der Waals surface area (Å²) >= 11 is 6.39. The fourth-order valence-corrected chi connectivity index (χ4v) is 4.80. The molecule has 1 aliphatic rings. The smallest absolute Gasteiger partial charge is 0.397 e. The van der Waals surface area contributed by atoms with Gasteiger partial charge in [-0.25, -0.2) is 14.6 Å². The number of piperazine rings is 1. The van der Waals surface area contributed by atoms with Crippen LogP contribution < -0.4 is 16.4 Å². The van der Waals surface area contributed by atoms with Gasteiger partial charge in [-0.1, -0.05) is 11.6 Å². The molecule has 4 heterocycles. The van der Waals surface area contributed by atoms with Crippen LogP contribution in [0.2, 0.25) is 5.02 Å². The second-order valence-electron chi connectivity index (χ2n) is 9.51. The highest BCUT2D eigenvalue weighted by molar-refractivity contribution is 6.34. The summed E-state index contributed by atoms with van der Waals surface area (Å²) in [4.78, 5) is 35.9. The third-order valence-corrected chi connectivity index (χ3v) is 6.99. The standard InChI is InChI=1S/C26H25ClF3N9O2/c1-14-10-32-7-8-38(14)25(41)17-5-4-16(9-19(17)27)35-24(40)23-34-12-20(37(23)2)18-13-39(36-22(18)26(28,29)30)21-6-3-15(31)11-33-21/h3-6,9,11-14,32H,7-8,10,31H2,1-2H3,(H,35,40)/t14-/m0/s1. The first-order valence-electron chi connectivity index (χ1n) is 12.5. The second-order valence-corrected chi connectivity index (χ2v) is 9.92. The summed E-state index contributed by atoms with van der Waals surface area (Å²) in [5, 5.41) is 9.69. The highest BCUT2D eigenvalue weighted by Gasteiger charge is 2.39. The van der Waals surface area contributed by atoms with Crippen molar-refractivity contribution in [3.63, 3.8) is 0 Å². The van der Waals surface area contributed by atoms with Gasteiger partial charge in [0, 0.05) is 44.6 Å². The van der Waals surface area contributed by atoms with Gasteiger partial charge < -0.3 is 25.8 Å². The number of carbonyl (C=O) groups is 2. The molecule has 41 heavy (non-hydrogen) atoms. The molecule has 1 saturated heterocycles. The Hall–Kier alpha value is -4.43. The Morgan fingerprint density at radius 3 is 2.61 bits per heavy atom. The topological polar surface area (TPSA) is 136 Å². The van der Waals surface area contributed by atoms with E-state index in [2.05, 4.69) is 25.7 Å². The van der Waals surface area contributed by atoms with Gasteiger partial charge >= 0.3 is 6.18 Å². The molecule has 214 valence electrons. The van der Waals surface area contributed by atoms with E-state index in [1.807, 2.05) is 6.92 Å². The summed E-state index contributed by atoms with van der Waals surface area (Å²) in [6.07, 6.45) is -1.17. The Kier molecular flexibility index (Phi) is 7.44. The number of nitrogens with two attached hydrogens (primary N) is 1. The Labute approximate surface area is 237 Å². The number of hydrogen-bond donors (Lipinski definition) is 3. The van der Waals surface area contributed by atoms with Crippen molar-refractivity contribution >= 4 is 34.8 Å². The van der Waals surface area contributed by atoms with Gasteiger partial charge in [0.2, 0.25) is 0 Å². The SMILES string of the molecule is C[C@H]1CNCCN1C(=O)c1ccc(NC(=O)c2ncc(-c3cn(-c4ccc(N)cn4)nc3C(F)(F)F)n2C)cc1Cl. The van der Waals surface area contributed by atoms with E-state index < -0.39 is 17.8 Å². The number of carbonyl (C=O) groups excluding carboxylic acids is 2. The maximum Gasteiger partial charge on any atom is 0.435 e. The summed E-state index contributed by atoms with van der Waals surface area (Å²) in [5.74, 6) is -0.935. The van der Waals surface area contributed by atoms with Crippen molar-refractivity contribution < 1.29 is 22.8 Å². The van der Waals surface area contributed by atoms with Crippen molar-refractivity contribution in [3.05, 3.63) is 71.0 Å². The molecule has 11 nitrogen and oxygen atoms in total. The number of nitrogens with zero attached hydrogens (tertiary/aromatic N) is 6. The quantitative estimate of drug-likeness (QED) is 0.324. The van der Waals surface area contributed by atoms with Crippen LogP contribution >= 0.6 is 11.6 Å². The molecule has 3 aromatic heterocycles. The average Bonchev–Trinajstić information content (AvgIpc) is 3.53. The molecule has 4 aromatic rings. The van der Waals surface area contributed by atoms with Crippen LogP contribution in [0.4, 0.5) is 24.5 Å². The zero-order valence-corrected chi connectivity index (χ0v) is 22.7. The Morgan fingerprint density at radius 1 is 1.17 bits per heavy atom. The number of hydrogen-bond acceptors (Lipinski definition) is 7. The van der Waals surface area contributed by atoms with Gasteiger partial charge in [0.1, 0.15) is 0 Å². The Bertz CT molecular complexity index is 1620. The van der Waals surface area contributed by atoms with Gasteiger partial charge in [-0.05, 0) is 37.3 Å². The van der Waals surface area contributed by atoms with Crippen LogP contribution in [0.5, 0.6) is 0 Å². The number of pyridine rings is 1. The predicted molar refractivity (Wildman–Crippen MR) is 146 cm³/mol. The molecule has 1 fully saturated rings. The fraction of sp³-hybridized carbons (Fsp3) is 0.269. The lowest BCUT2D eigenvalue weighted by Gasteiger charge is -2.34. The highest BCUT2D eigenvalue weighted by Crippen LogP contribution is 2.37. The predicted octanol–water partition coefficient (Wildman–Crippen LogP) is 3.61. The van der Waals surface area contributed by atoms with Crippen LogP contribution in [0.3, 0.4) is 0 Å². The van der Waals surface area contributed by atoms with Crippen molar-refractivity contribution in [3.8, 4) is 17.1 Å². The summed E-state index contributed by atoms with van der Waals surface area (Å²) in [5.41, 5.74) is 5.09. The number of benzene rings is 1. The molecule has 1 atom stereocenters. The number of imidazole rings is 1. The van der Waals surface area contributed by atoms with E-state index >= 15 is 0 Å². The minimum absolute atomic E-state index is 0.00275. The molecule has 0 bridgehead atoms. The van der Waals surface area contributed by atoms with Gasteiger partial charge in [-0.2, -0.15) is 18.3 Å². The van der Waals surface area contributed by atoms with Crippen LogP contribution in [0.1, 0.15) is 33.6 Å². The maximum atomic E-state index is 13.9. The summed E-state index contributed by atoms with van der Waals surface area (Å²) in [7, 11) is 1.42. The summed E-state index contributed by atoms with van der Waals surface area (Å²) in [6, 6.07) is 7.41. The van der Waals surface area contributed by atoms with Crippen molar-refractivity contribution in [2.24, 2.45) is 7.05 Å². The lowest BCUT2D eigenvalue weighted by molar-refractivity contribution is -0.140. The van der Waals surface area contributed by atoms with Gasteiger partial charge in [0.25, 0.3) is 11.8 Å². The van der Waals surface area contributed by atoms with E-state index in [-0.39, 0.29) is 45.6 Å². The van der Waals surface area contributed by atoms with E-state index in [9.17, 15) is 22.8 Å². The van der Waals surface area contributed by atoms with E-state index in [1.54, 1.807) is 4.90 Å². The Balaban J connectivity index is 1.39. The normalized spacial score (nSPS) is 15.7. The van der Waals surface area contributed by atoms with E-state index in [4.69, 9.17) is 17.3 Å². The molecule has 1 aromatic carbocycles. The van der Waals surface area contributed by atoms with Crippen LogP contribution in [0, 0.1) is 0 Å². The second kappa shape index (κ2) is 10.9. The highest BCUT2D eigenvalue weighted by atomic mass is 35.5. The molecule has 0 saturated carbocycles. The average molecular weight is 588 g/mol. The molecule has 4 N–H and O–H groups in total. The zero-order chi connectivity index (χ0) is 29.5. The molecule has 5 rings (SSSR count). The first-order valence-corrected chi connectivity index (χ1v) is 12.8. The first-order chi connectivity index (χ1) is 19.4. The number of rotatable bonds is 5. The van der Waals surface area contributed by atoms with Crippen molar-refractivity contribution in [1.29, 1.82) is 0 Å². The van der Waals surface area contributed by atoms with E-state index in [0.717, 1.165) is 17.1 Å². The van der Waals surface area contributed by atoms with E-state index in [1.165, 1.54) is 48.1 Å². The number of nitrogens with one attached hydrogen (secondary N) is 2. The van der Waals surface area contributed by atoms with Gasteiger partial charge in [-0.15, -0.1) is 0 Å². The monoisotopic (exact) mass is 587 g/mol. The van der Waals surface area contributed by atoms with Crippen molar-refractivity contribution in [1.82, 2.24) is 34.5 Å². The Morgan fingerprint density at radius 2 is 1.95 bits per heavy atom. The van der Waals surface area contributed by atoms with Gasteiger partial charge in [-0.3, -0.25) is 9.59 Å². The fourth-order valence-electron chi connectivity index (χ4n) is 4.54. The number of amides is 2. The molecule has 0 spiro atoms. The lowest BCUT2D eigenvalue weighted by Crippen LogP contribution is -2.52. The molecule has 0 radical (unpaired) electrons. The van der Waals surface area contributed by atoms with Crippen LogP contribution in [-0.4, -0.2) is 66.7 Å². The molecule has 0 aliphatic carbocycles. The molecular formula is C26H25ClF3N9O2. The minimum atomic E-state index is -4.79. The minimum Gasteiger partial charge on any atom is -0.397 e. The third-order valence-electron chi connectivity index (χ3n) is 6.67. The summed E-state index contributed by atoms with van der Waals surface area (Å²) < 4.78 is 43.9.